The summed E-state index contributed by atoms with van der Waals surface area (Å²) in [6, 6.07) is 13.4. The van der Waals surface area contributed by atoms with Gasteiger partial charge in [0.15, 0.2) is 11.3 Å². The van der Waals surface area contributed by atoms with Crippen LogP contribution < -0.4 is 5.32 Å². The van der Waals surface area contributed by atoms with Gasteiger partial charge < -0.3 is 5.32 Å². The van der Waals surface area contributed by atoms with Crippen LogP contribution in [0.1, 0.15) is 33.0 Å². The molecule has 146 valence electrons. The number of hydrogen-bond acceptors (Lipinski definition) is 4. The van der Waals surface area contributed by atoms with Crippen molar-refractivity contribution in [2.75, 3.05) is 5.32 Å². The van der Waals surface area contributed by atoms with Crippen LogP contribution in [0.5, 0.6) is 0 Å². The SMILES string of the molecule is Cc1ccc(NC(=O)c2nnc3c(-c4ccc(Cl)cc4)c(C)nn3c2C)c(C)c1. The van der Waals surface area contributed by atoms with E-state index >= 15 is 0 Å². The topological polar surface area (TPSA) is 72.2 Å². The third-order valence-corrected chi connectivity index (χ3v) is 5.17. The highest BCUT2D eigenvalue weighted by molar-refractivity contribution is 6.30. The van der Waals surface area contributed by atoms with Gasteiger partial charge in [0.25, 0.3) is 5.91 Å². The highest BCUT2D eigenvalue weighted by Crippen LogP contribution is 2.29. The Labute approximate surface area is 173 Å². The highest BCUT2D eigenvalue weighted by atomic mass is 35.5. The number of nitrogens with zero attached hydrogens (tertiary/aromatic N) is 4. The average molecular weight is 406 g/mol. The van der Waals surface area contributed by atoms with Gasteiger partial charge in [0.2, 0.25) is 0 Å². The van der Waals surface area contributed by atoms with Crippen molar-refractivity contribution >= 4 is 28.8 Å². The van der Waals surface area contributed by atoms with Gasteiger partial charge >= 0.3 is 0 Å². The average Bonchev–Trinajstić information content (AvgIpc) is 3.02. The molecule has 2 aromatic heterocycles. The van der Waals surface area contributed by atoms with Crippen LogP contribution in [0.2, 0.25) is 5.02 Å². The Kier molecular flexibility index (Phi) is 4.80. The summed E-state index contributed by atoms with van der Waals surface area (Å²) in [5, 5.41) is 16.7. The molecule has 1 N–H and O–H groups in total. The first-order chi connectivity index (χ1) is 13.8. The number of nitrogens with one attached hydrogen (secondary N) is 1. The van der Waals surface area contributed by atoms with E-state index in [0.29, 0.717) is 16.4 Å². The quantitative estimate of drug-likeness (QED) is 0.524. The molecule has 4 rings (SSSR count). The molecule has 0 spiro atoms. The number of anilines is 1. The van der Waals surface area contributed by atoms with Crippen molar-refractivity contribution in [2.45, 2.75) is 27.7 Å². The van der Waals surface area contributed by atoms with Crippen molar-refractivity contribution in [2.24, 2.45) is 0 Å². The Balaban J connectivity index is 1.75. The van der Waals surface area contributed by atoms with Crippen LogP contribution in [-0.2, 0) is 0 Å². The van der Waals surface area contributed by atoms with Crippen LogP contribution in [0.15, 0.2) is 42.5 Å². The number of benzene rings is 2. The van der Waals surface area contributed by atoms with E-state index < -0.39 is 0 Å². The van der Waals surface area contributed by atoms with Crippen LogP contribution in [0.25, 0.3) is 16.8 Å². The summed E-state index contributed by atoms with van der Waals surface area (Å²) < 4.78 is 1.67. The minimum atomic E-state index is -0.315. The van der Waals surface area contributed by atoms with Crippen molar-refractivity contribution in [3.05, 3.63) is 75.7 Å². The fraction of sp³-hybridized carbons (Fsp3) is 0.182. The normalized spacial score (nSPS) is 11.1. The molecule has 4 aromatic rings. The van der Waals surface area contributed by atoms with E-state index in [0.717, 1.165) is 33.6 Å². The van der Waals surface area contributed by atoms with Crippen LogP contribution in [-0.4, -0.2) is 25.7 Å². The maximum Gasteiger partial charge on any atom is 0.278 e. The molecule has 6 nitrogen and oxygen atoms in total. The fourth-order valence-electron chi connectivity index (χ4n) is 3.41. The minimum absolute atomic E-state index is 0.239. The molecule has 2 heterocycles. The van der Waals surface area contributed by atoms with E-state index in [9.17, 15) is 4.79 Å². The predicted molar refractivity (Wildman–Crippen MR) is 115 cm³/mol. The van der Waals surface area contributed by atoms with Gasteiger partial charge in [-0.2, -0.15) is 5.10 Å². The summed E-state index contributed by atoms with van der Waals surface area (Å²) in [7, 11) is 0. The zero-order valence-electron chi connectivity index (χ0n) is 16.6. The van der Waals surface area contributed by atoms with Gasteiger partial charge in [-0.1, -0.05) is 41.4 Å². The lowest BCUT2D eigenvalue weighted by atomic mass is 10.1. The van der Waals surface area contributed by atoms with Gasteiger partial charge in [-0.25, -0.2) is 4.52 Å². The zero-order chi connectivity index (χ0) is 20.7. The summed E-state index contributed by atoms with van der Waals surface area (Å²) in [5.41, 5.74) is 6.97. The van der Waals surface area contributed by atoms with Gasteiger partial charge in [0.1, 0.15) is 0 Å². The monoisotopic (exact) mass is 405 g/mol. The Bertz CT molecular complexity index is 1240. The largest absolute Gasteiger partial charge is 0.320 e. The molecule has 0 fully saturated rings. The summed E-state index contributed by atoms with van der Waals surface area (Å²) >= 11 is 6.00. The van der Waals surface area contributed by atoms with Gasteiger partial charge in [0, 0.05) is 10.7 Å². The van der Waals surface area contributed by atoms with Crippen molar-refractivity contribution < 1.29 is 4.79 Å². The van der Waals surface area contributed by atoms with Crippen molar-refractivity contribution in [3.63, 3.8) is 0 Å². The van der Waals surface area contributed by atoms with Gasteiger partial charge in [-0.15, -0.1) is 10.2 Å². The Morgan fingerprint density at radius 3 is 2.41 bits per heavy atom. The summed E-state index contributed by atoms with van der Waals surface area (Å²) in [6.07, 6.45) is 0. The molecular weight excluding hydrogens is 386 g/mol. The van der Waals surface area contributed by atoms with Gasteiger partial charge in [-0.05, 0) is 57.0 Å². The molecule has 0 bridgehead atoms. The molecule has 0 atom stereocenters. The molecule has 1 amide bonds. The first-order valence-corrected chi connectivity index (χ1v) is 9.60. The molecule has 29 heavy (non-hydrogen) atoms. The first-order valence-electron chi connectivity index (χ1n) is 9.22. The molecule has 7 heteroatoms. The van der Waals surface area contributed by atoms with Crippen molar-refractivity contribution in [1.82, 2.24) is 19.8 Å². The van der Waals surface area contributed by atoms with Crippen molar-refractivity contribution in [1.29, 1.82) is 0 Å². The lowest BCUT2D eigenvalue weighted by Gasteiger charge is -2.10. The molecule has 0 saturated carbocycles. The summed E-state index contributed by atoms with van der Waals surface area (Å²) in [4.78, 5) is 12.8. The molecule has 0 radical (unpaired) electrons. The van der Waals surface area contributed by atoms with E-state index in [4.69, 9.17) is 11.6 Å². The van der Waals surface area contributed by atoms with E-state index in [1.54, 1.807) is 4.52 Å². The van der Waals surface area contributed by atoms with E-state index in [2.05, 4.69) is 20.6 Å². The summed E-state index contributed by atoms with van der Waals surface area (Å²) in [6.45, 7) is 7.70. The number of carbonyl (C=O) groups is 1. The van der Waals surface area contributed by atoms with Crippen LogP contribution >= 0.6 is 11.6 Å². The number of halogens is 1. The van der Waals surface area contributed by atoms with Gasteiger partial charge in [0.05, 0.1) is 17.0 Å². The molecule has 0 saturated heterocycles. The maximum atomic E-state index is 12.8. The molecule has 0 aliphatic heterocycles. The number of amides is 1. The van der Waals surface area contributed by atoms with Crippen molar-refractivity contribution in [3.8, 4) is 11.1 Å². The number of carbonyl (C=O) groups excluding carboxylic acids is 1. The van der Waals surface area contributed by atoms with E-state index in [1.807, 2.05) is 70.2 Å². The zero-order valence-corrected chi connectivity index (χ0v) is 17.4. The Morgan fingerprint density at radius 1 is 1.00 bits per heavy atom. The predicted octanol–water partition coefficient (Wildman–Crippen LogP) is 4.93. The van der Waals surface area contributed by atoms with Crippen LogP contribution in [0.4, 0.5) is 5.69 Å². The highest BCUT2D eigenvalue weighted by Gasteiger charge is 2.20. The van der Waals surface area contributed by atoms with E-state index in [-0.39, 0.29) is 11.6 Å². The Hall–Kier alpha value is -3.25. The fourth-order valence-corrected chi connectivity index (χ4v) is 3.54. The number of hydrogen-bond donors (Lipinski definition) is 1. The maximum absolute atomic E-state index is 12.8. The Morgan fingerprint density at radius 2 is 1.72 bits per heavy atom. The molecule has 0 aliphatic carbocycles. The lowest BCUT2D eigenvalue weighted by molar-refractivity contribution is 0.102. The second-order valence-corrected chi connectivity index (χ2v) is 7.55. The molecule has 0 unspecified atom stereocenters. The molecule has 0 aliphatic rings. The number of aromatic nitrogens is 4. The molecular formula is C22H20ClN5O. The number of rotatable bonds is 3. The number of aryl methyl sites for hydroxylation is 4. The second-order valence-electron chi connectivity index (χ2n) is 7.11. The summed E-state index contributed by atoms with van der Waals surface area (Å²) in [5.74, 6) is -0.315. The number of fused-ring (bicyclic) bond motifs is 1. The minimum Gasteiger partial charge on any atom is -0.320 e. The van der Waals surface area contributed by atoms with Crippen LogP contribution in [0.3, 0.4) is 0 Å². The first kappa shape index (κ1) is 19.1. The third kappa shape index (κ3) is 3.47. The second kappa shape index (κ2) is 7.29. The molecule has 2 aromatic carbocycles. The van der Waals surface area contributed by atoms with Gasteiger partial charge in [-0.3, -0.25) is 4.79 Å². The third-order valence-electron chi connectivity index (χ3n) is 4.92. The lowest BCUT2D eigenvalue weighted by Crippen LogP contribution is -2.19. The standard InChI is InChI=1S/C22H20ClN5O/c1-12-5-10-18(13(2)11-12)24-22(29)20-15(4)28-21(26-25-20)19(14(3)27-28)16-6-8-17(23)9-7-16/h5-11H,1-4H3,(H,24,29). The van der Waals surface area contributed by atoms with E-state index in [1.165, 1.54) is 0 Å². The van der Waals surface area contributed by atoms with Crippen LogP contribution in [0, 0.1) is 27.7 Å². The smallest absolute Gasteiger partial charge is 0.278 e.